The molecule has 0 aliphatic heterocycles. The van der Waals surface area contributed by atoms with Gasteiger partial charge in [0, 0.05) is 25.7 Å². The number of unbranched alkanes of at least 4 members (excludes halogenated alkanes) is 52. The molecule has 0 amide bonds. The van der Waals surface area contributed by atoms with Crippen molar-refractivity contribution in [2.24, 2.45) is 17.8 Å². The van der Waals surface area contributed by atoms with E-state index < -0.39 is 97.5 Å². The molecule has 0 aliphatic carbocycles. The highest BCUT2D eigenvalue weighted by atomic mass is 31.2. The highest BCUT2D eigenvalue weighted by Gasteiger charge is 2.30. The second-order valence-electron chi connectivity index (χ2n) is 32.4. The van der Waals surface area contributed by atoms with E-state index in [-0.39, 0.29) is 25.7 Å². The fourth-order valence-corrected chi connectivity index (χ4v) is 14.9. The zero-order valence-corrected chi connectivity index (χ0v) is 71.0. The van der Waals surface area contributed by atoms with Crippen LogP contribution in [0, 0.1) is 17.8 Å². The van der Waals surface area contributed by atoms with Gasteiger partial charge in [-0.25, -0.2) is 9.13 Å². The summed E-state index contributed by atoms with van der Waals surface area (Å²) in [6.07, 6.45) is 67.0. The molecule has 0 saturated heterocycles. The predicted molar refractivity (Wildman–Crippen MR) is 432 cm³/mol. The Balaban J connectivity index is 5.19. The molecule has 0 fully saturated rings. The molecule has 0 heterocycles. The van der Waals surface area contributed by atoms with E-state index in [1.54, 1.807) is 0 Å². The summed E-state index contributed by atoms with van der Waals surface area (Å²) in [5.41, 5.74) is 0. The van der Waals surface area contributed by atoms with Gasteiger partial charge in [0.15, 0.2) is 12.2 Å². The number of carbonyl (C=O) groups excluding carboxylic acids is 4. The van der Waals surface area contributed by atoms with Crippen LogP contribution in [0.4, 0.5) is 0 Å². The monoisotopic (exact) mass is 1540 g/mol. The maximum atomic E-state index is 13.1. The largest absolute Gasteiger partial charge is 0.472 e. The fourth-order valence-electron chi connectivity index (χ4n) is 13.4. The lowest BCUT2D eigenvalue weighted by Crippen LogP contribution is -2.30. The average Bonchev–Trinajstić information content (AvgIpc) is 0.929. The van der Waals surface area contributed by atoms with Crippen LogP contribution < -0.4 is 0 Å². The number of hydrogen-bond acceptors (Lipinski definition) is 15. The molecule has 19 heteroatoms. The minimum atomic E-state index is -4.97. The summed E-state index contributed by atoms with van der Waals surface area (Å²) in [5, 5.41) is 10.7. The van der Waals surface area contributed by atoms with Crippen LogP contribution in [0.1, 0.15) is 453 Å². The summed E-state index contributed by atoms with van der Waals surface area (Å²) in [6, 6.07) is 0. The fraction of sp³-hybridized carbons (Fsp3) is 0.953. The van der Waals surface area contributed by atoms with Crippen molar-refractivity contribution >= 4 is 39.5 Å². The molecule has 0 bridgehead atoms. The Hall–Kier alpha value is -1.94. The Labute approximate surface area is 645 Å². The third kappa shape index (κ3) is 79.9. The number of rotatable bonds is 84. The molecule has 17 nitrogen and oxygen atoms in total. The molecule has 105 heavy (non-hydrogen) atoms. The third-order valence-corrected chi connectivity index (χ3v) is 22.0. The first-order valence-electron chi connectivity index (χ1n) is 44.3. The van der Waals surface area contributed by atoms with Crippen LogP contribution in [0.2, 0.25) is 0 Å². The average molecular weight is 1540 g/mol. The zero-order chi connectivity index (χ0) is 77.2. The van der Waals surface area contributed by atoms with Crippen LogP contribution >= 0.6 is 15.6 Å². The van der Waals surface area contributed by atoms with Crippen LogP contribution in [0.15, 0.2) is 0 Å². The number of ether oxygens (including phenoxy) is 4. The third-order valence-electron chi connectivity index (χ3n) is 20.1. The van der Waals surface area contributed by atoms with Gasteiger partial charge in [-0.1, -0.05) is 402 Å². The summed E-state index contributed by atoms with van der Waals surface area (Å²) < 4.78 is 68.8. The molecule has 0 aromatic heterocycles. The summed E-state index contributed by atoms with van der Waals surface area (Å²) >= 11 is 0. The van der Waals surface area contributed by atoms with Crippen molar-refractivity contribution in [3.63, 3.8) is 0 Å². The van der Waals surface area contributed by atoms with Gasteiger partial charge in [-0.2, -0.15) is 0 Å². The molecule has 5 atom stereocenters. The second-order valence-corrected chi connectivity index (χ2v) is 35.3. The van der Waals surface area contributed by atoms with Crippen molar-refractivity contribution < 1.29 is 80.2 Å². The van der Waals surface area contributed by atoms with Crippen molar-refractivity contribution in [3.05, 3.63) is 0 Å². The highest BCUT2D eigenvalue weighted by molar-refractivity contribution is 7.47. The van der Waals surface area contributed by atoms with E-state index in [0.29, 0.717) is 25.7 Å². The first-order valence-corrected chi connectivity index (χ1v) is 47.3. The molecule has 0 aromatic rings. The molecule has 0 aliphatic rings. The Kier molecular flexibility index (Phi) is 74.7. The van der Waals surface area contributed by atoms with Gasteiger partial charge in [-0.05, 0) is 43.4 Å². The lowest BCUT2D eigenvalue weighted by molar-refractivity contribution is -0.161. The van der Waals surface area contributed by atoms with Crippen LogP contribution in [-0.2, 0) is 65.4 Å². The van der Waals surface area contributed by atoms with E-state index in [2.05, 4.69) is 48.5 Å². The molecule has 0 spiro atoms. The summed E-state index contributed by atoms with van der Waals surface area (Å²) in [4.78, 5) is 73.1. The SMILES string of the molecule is CCCCCCCCCCCCCCCCCCCCCCCCC(=O)O[C@H](COC(=O)CCCCCCCCCCCCCCCCCCCCC(C)C)COP(=O)(O)OC[C@@H](O)COP(=O)(O)OC[C@@H](COC(=O)CCCCCCCCCCC(C)C)OC(=O)CCCCCCCCCCC(C)C. The smallest absolute Gasteiger partial charge is 0.462 e. The van der Waals surface area contributed by atoms with Gasteiger partial charge in [-0.15, -0.1) is 0 Å². The first kappa shape index (κ1) is 103. The van der Waals surface area contributed by atoms with Crippen molar-refractivity contribution in [2.45, 2.75) is 471 Å². The van der Waals surface area contributed by atoms with Crippen molar-refractivity contribution in [1.29, 1.82) is 0 Å². The summed E-state index contributed by atoms with van der Waals surface area (Å²) in [6.45, 7) is 11.9. The van der Waals surface area contributed by atoms with Crippen molar-refractivity contribution in [1.82, 2.24) is 0 Å². The Morgan fingerprint density at radius 1 is 0.257 bits per heavy atom. The van der Waals surface area contributed by atoms with Gasteiger partial charge in [0.25, 0.3) is 0 Å². The van der Waals surface area contributed by atoms with Crippen LogP contribution in [0.25, 0.3) is 0 Å². The van der Waals surface area contributed by atoms with E-state index in [0.717, 1.165) is 108 Å². The van der Waals surface area contributed by atoms with Crippen LogP contribution in [-0.4, -0.2) is 96.7 Å². The molecule has 0 radical (unpaired) electrons. The van der Waals surface area contributed by atoms with Crippen molar-refractivity contribution in [3.8, 4) is 0 Å². The number of aliphatic hydroxyl groups excluding tert-OH is 1. The number of aliphatic hydroxyl groups is 1. The van der Waals surface area contributed by atoms with E-state index in [1.807, 2.05) is 0 Å². The van der Waals surface area contributed by atoms with Gasteiger partial charge in [0.2, 0.25) is 0 Å². The Bertz CT molecular complexity index is 2030. The Morgan fingerprint density at radius 2 is 0.438 bits per heavy atom. The minimum absolute atomic E-state index is 0.104. The first-order chi connectivity index (χ1) is 50.7. The van der Waals surface area contributed by atoms with Crippen LogP contribution in [0.5, 0.6) is 0 Å². The standard InChI is InChI=1S/C86H168O17P2/c1-8-9-10-11-12-13-14-15-16-17-18-19-20-21-26-29-32-35-38-48-55-62-69-85(90)102-81(73-96-83(88)67-60-53-46-37-34-31-28-25-23-22-24-27-30-33-36-43-50-57-64-77(2)3)75-100-104(92,93)98-71-80(87)72-99-105(94,95)101-76-82(103-86(91)70-63-56-49-42-40-45-52-59-66-79(6)7)74-97-84(89)68-61-54-47-41-39-44-51-58-65-78(4)5/h77-82,87H,8-76H2,1-7H3,(H,92,93)(H,94,95)/t80-,81-,82-/m1/s1. The summed E-state index contributed by atoms with van der Waals surface area (Å²) in [5.74, 6) is 0.158. The lowest BCUT2D eigenvalue weighted by atomic mass is 10.0. The van der Waals surface area contributed by atoms with Gasteiger partial charge in [0.1, 0.15) is 19.3 Å². The van der Waals surface area contributed by atoms with E-state index >= 15 is 0 Å². The quantitative estimate of drug-likeness (QED) is 0.0222. The minimum Gasteiger partial charge on any atom is -0.462 e. The molecule has 3 N–H and O–H groups in total. The number of carbonyl (C=O) groups is 4. The van der Waals surface area contributed by atoms with Gasteiger partial charge in [0.05, 0.1) is 26.4 Å². The number of phosphoric ester groups is 2. The van der Waals surface area contributed by atoms with E-state index in [4.69, 9.17) is 37.0 Å². The molecule has 0 aromatic carbocycles. The molecule has 2 unspecified atom stereocenters. The molecular weight excluding hydrogens is 1370 g/mol. The second kappa shape index (κ2) is 76.1. The number of esters is 4. The van der Waals surface area contributed by atoms with Gasteiger partial charge >= 0.3 is 39.5 Å². The Morgan fingerprint density at radius 3 is 0.648 bits per heavy atom. The van der Waals surface area contributed by atoms with E-state index in [9.17, 15) is 43.2 Å². The van der Waals surface area contributed by atoms with E-state index in [1.165, 1.54) is 263 Å². The molecular formula is C86H168O17P2. The maximum absolute atomic E-state index is 13.1. The van der Waals surface area contributed by atoms with Crippen molar-refractivity contribution in [2.75, 3.05) is 39.6 Å². The van der Waals surface area contributed by atoms with Crippen LogP contribution in [0.3, 0.4) is 0 Å². The molecule has 0 rings (SSSR count). The maximum Gasteiger partial charge on any atom is 0.472 e. The van der Waals surface area contributed by atoms with Gasteiger partial charge in [-0.3, -0.25) is 37.3 Å². The number of phosphoric acid groups is 2. The predicted octanol–water partition coefficient (Wildman–Crippen LogP) is 26.1. The molecule has 624 valence electrons. The lowest BCUT2D eigenvalue weighted by Gasteiger charge is -2.21. The van der Waals surface area contributed by atoms with Gasteiger partial charge < -0.3 is 33.8 Å². The highest BCUT2D eigenvalue weighted by Crippen LogP contribution is 2.45. The number of hydrogen-bond donors (Lipinski definition) is 3. The molecule has 0 saturated carbocycles. The normalized spacial score (nSPS) is 13.9. The summed E-state index contributed by atoms with van der Waals surface area (Å²) in [7, 11) is -9.93. The zero-order valence-electron chi connectivity index (χ0n) is 69.2. The topological polar surface area (TPSA) is 237 Å².